The zero-order valence-corrected chi connectivity index (χ0v) is 24.3. The monoisotopic (exact) mass is 549 g/mol. The number of anilines is 1. The Morgan fingerprint density at radius 3 is 2.28 bits per heavy atom. The zero-order chi connectivity index (χ0) is 28.6. The van der Waals surface area contributed by atoms with E-state index in [0.29, 0.717) is 18.7 Å². The Labute approximate surface area is 236 Å². The number of nitrogens with one attached hydrogen (secondary N) is 2. The summed E-state index contributed by atoms with van der Waals surface area (Å²) in [7, 11) is 0. The van der Waals surface area contributed by atoms with Gasteiger partial charge >= 0.3 is 6.09 Å². The third-order valence-corrected chi connectivity index (χ3v) is 6.63. The number of carbonyl (C=O) groups is 3. The normalized spacial score (nSPS) is 12.9. The number of benzene rings is 3. The molecule has 3 amide bonds. The second-order valence-corrected chi connectivity index (χ2v) is 10.9. The van der Waals surface area contributed by atoms with Crippen LogP contribution in [0.4, 0.5) is 10.5 Å². The number of nitrogens with zero attached hydrogens (tertiary/aromatic N) is 1. The number of alkyl carbamates (subject to hydrolysis) is 1. The first-order valence-corrected chi connectivity index (χ1v) is 13.9. The first-order valence-electron chi connectivity index (χ1n) is 13.3. The number of rotatable bonds is 10. The van der Waals surface area contributed by atoms with Gasteiger partial charge in [0.1, 0.15) is 17.7 Å². The van der Waals surface area contributed by atoms with Gasteiger partial charge in [0.2, 0.25) is 5.91 Å². The van der Waals surface area contributed by atoms with Crippen LogP contribution in [0.25, 0.3) is 10.8 Å². The maximum Gasteiger partial charge on any atom is 0.408 e. The maximum atomic E-state index is 14.0. The summed E-state index contributed by atoms with van der Waals surface area (Å²) in [6.07, 6.45) is 0.795. The average molecular weight is 550 g/mol. The summed E-state index contributed by atoms with van der Waals surface area (Å²) in [5, 5.41) is 7.75. The predicted octanol–water partition coefficient (Wildman–Crippen LogP) is 6.28. The van der Waals surface area contributed by atoms with E-state index in [1.165, 1.54) is 0 Å². The summed E-state index contributed by atoms with van der Waals surface area (Å²) in [6, 6.07) is 19.3. The molecule has 0 saturated heterocycles. The fraction of sp³-hybridized carbons (Fsp3) is 0.387. The Kier molecular flexibility index (Phi) is 10.4. The zero-order valence-electron chi connectivity index (χ0n) is 23.4. The van der Waals surface area contributed by atoms with E-state index in [1.54, 1.807) is 25.7 Å². The highest BCUT2D eigenvalue weighted by Crippen LogP contribution is 2.28. The maximum absolute atomic E-state index is 14.0. The van der Waals surface area contributed by atoms with Crippen molar-refractivity contribution < 1.29 is 19.1 Å². The van der Waals surface area contributed by atoms with Crippen LogP contribution in [-0.2, 0) is 14.3 Å². The summed E-state index contributed by atoms with van der Waals surface area (Å²) in [5.74, 6) is -0.682. The third-order valence-electron chi connectivity index (χ3n) is 6.27. The first-order chi connectivity index (χ1) is 18.5. The van der Waals surface area contributed by atoms with E-state index < -0.39 is 29.7 Å². The van der Waals surface area contributed by atoms with Gasteiger partial charge in [-0.3, -0.25) is 9.59 Å². The van der Waals surface area contributed by atoms with Crippen LogP contribution in [0.3, 0.4) is 0 Å². The molecule has 0 aliphatic rings. The van der Waals surface area contributed by atoms with Crippen LogP contribution >= 0.6 is 12.6 Å². The molecule has 0 aromatic heterocycles. The number of aryl methyl sites for hydroxylation is 1. The van der Waals surface area contributed by atoms with E-state index in [2.05, 4.69) is 23.3 Å². The van der Waals surface area contributed by atoms with Crippen LogP contribution in [-0.4, -0.2) is 46.7 Å². The van der Waals surface area contributed by atoms with Gasteiger partial charge in [-0.15, -0.1) is 0 Å². The van der Waals surface area contributed by atoms with Crippen LogP contribution in [0.5, 0.6) is 0 Å². The Bertz CT molecular complexity index is 1300. The Morgan fingerprint density at radius 2 is 1.64 bits per heavy atom. The molecule has 8 heteroatoms. The van der Waals surface area contributed by atoms with Crippen molar-refractivity contribution >= 4 is 47.0 Å². The van der Waals surface area contributed by atoms with Crippen LogP contribution in [0, 0.1) is 6.92 Å². The number of ether oxygens (including phenoxy) is 1. The van der Waals surface area contributed by atoms with Crippen LogP contribution in [0.15, 0.2) is 66.7 Å². The van der Waals surface area contributed by atoms with Gasteiger partial charge < -0.3 is 20.3 Å². The molecule has 7 nitrogen and oxygen atoms in total. The Hall–Kier alpha value is -3.52. The molecule has 0 aliphatic heterocycles. The molecule has 0 spiro atoms. The second-order valence-electron chi connectivity index (χ2n) is 10.6. The summed E-state index contributed by atoms with van der Waals surface area (Å²) in [5.41, 5.74) is 1.51. The van der Waals surface area contributed by atoms with Crippen molar-refractivity contribution in [3.63, 3.8) is 0 Å². The third kappa shape index (κ3) is 8.23. The van der Waals surface area contributed by atoms with Crippen LogP contribution in [0.2, 0.25) is 0 Å². The van der Waals surface area contributed by atoms with Crippen molar-refractivity contribution in [2.24, 2.45) is 0 Å². The van der Waals surface area contributed by atoms with Gasteiger partial charge in [-0.05, 0) is 68.1 Å². The van der Waals surface area contributed by atoms with E-state index in [-0.39, 0.29) is 11.7 Å². The van der Waals surface area contributed by atoms with E-state index in [1.807, 2.05) is 80.6 Å². The number of unbranched alkanes of at least 4 members (excludes halogenated alkanes) is 1. The van der Waals surface area contributed by atoms with Gasteiger partial charge in [-0.1, -0.05) is 67.9 Å². The highest BCUT2D eigenvalue weighted by Gasteiger charge is 2.36. The second kappa shape index (κ2) is 13.5. The van der Waals surface area contributed by atoms with Gasteiger partial charge in [-0.25, -0.2) is 4.79 Å². The lowest BCUT2D eigenvalue weighted by Gasteiger charge is -2.35. The summed E-state index contributed by atoms with van der Waals surface area (Å²) >= 11 is 4.35. The van der Waals surface area contributed by atoms with Crippen molar-refractivity contribution in [2.45, 2.75) is 65.1 Å². The summed E-state index contributed by atoms with van der Waals surface area (Å²) in [4.78, 5) is 42.0. The van der Waals surface area contributed by atoms with Gasteiger partial charge in [0.15, 0.2) is 0 Å². The fourth-order valence-electron chi connectivity index (χ4n) is 4.35. The minimum Gasteiger partial charge on any atom is -0.444 e. The number of amides is 3. The highest BCUT2D eigenvalue weighted by molar-refractivity contribution is 7.80. The number of thiol groups is 1. The van der Waals surface area contributed by atoms with Crippen molar-refractivity contribution in [1.82, 2.24) is 10.2 Å². The largest absolute Gasteiger partial charge is 0.444 e. The molecule has 2 atom stereocenters. The van der Waals surface area contributed by atoms with Crippen molar-refractivity contribution in [2.75, 3.05) is 17.6 Å². The standard InChI is InChI=1S/C31H39N3O4S/c1-6-7-18-34(29(36)26(20-39)33-30(37)38-31(3,4)5)27(25-15-11-8-12-21(25)2)28(35)32-24-17-16-22-13-9-10-14-23(22)19-24/h8-17,19,26-27,39H,6-7,18,20H2,1-5H3,(H,32,35)(H,33,37). The molecule has 39 heavy (non-hydrogen) atoms. The summed E-state index contributed by atoms with van der Waals surface area (Å²) < 4.78 is 5.37. The molecular weight excluding hydrogens is 510 g/mol. The van der Waals surface area contributed by atoms with Gasteiger partial charge in [0, 0.05) is 18.0 Å². The minimum atomic E-state index is -0.972. The topological polar surface area (TPSA) is 87.7 Å². The first kappa shape index (κ1) is 30.0. The Balaban J connectivity index is 1.99. The lowest BCUT2D eigenvalue weighted by atomic mass is 9.97. The highest BCUT2D eigenvalue weighted by atomic mass is 32.1. The molecule has 208 valence electrons. The van der Waals surface area contributed by atoms with Crippen molar-refractivity contribution in [3.05, 3.63) is 77.9 Å². The molecule has 2 N–H and O–H groups in total. The van der Waals surface area contributed by atoms with E-state index >= 15 is 0 Å². The van der Waals surface area contributed by atoms with Crippen LogP contribution < -0.4 is 10.6 Å². The molecule has 0 heterocycles. The van der Waals surface area contributed by atoms with Gasteiger partial charge in [0.25, 0.3) is 5.91 Å². The fourth-order valence-corrected chi connectivity index (χ4v) is 4.60. The van der Waals surface area contributed by atoms with Crippen molar-refractivity contribution in [1.29, 1.82) is 0 Å². The number of hydrogen-bond donors (Lipinski definition) is 3. The van der Waals surface area contributed by atoms with Gasteiger partial charge in [0.05, 0.1) is 0 Å². The van der Waals surface area contributed by atoms with E-state index in [4.69, 9.17) is 4.74 Å². The molecule has 0 bridgehead atoms. The predicted molar refractivity (Wildman–Crippen MR) is 160 cm³/mol. The molecule has 0 saturated carbocycles. The lowest BCUT2D eigenvalue weighted by Crippen LogP contribution is -2.53. The summed E-state index contributed by atoms with van der Waals surface area (Å²) in [6.45, 7) is 9.54. The smallest absolute Gasteiger partial charge is 0.408 e. The number of hydrogen-bond acceptors (Lipinski definition) is 5. The number of carbonyl (C=O) groups excluding carboxylic acids is 3. The van der Waals surface area contributed by atoms with E-state index in [0.717, 1.165) is 28.3 Å². The quantitative estimate of drug-likeness (QED) is 0.260. The molecule has 0 fully saturated rings. The molecular formula is C31H39N3O4S. The molecule has 0 aliphatic carbocycles. The average Bonchev–Trinajstić information content (AvgIpc) is 2.89. The molecule has 0 radical (unpaired) electrons. The van der Waals surface area contributed by atoms with Crippen molar-refractivity contribution in [3.8, 4) is 0 Å². The molecule has 3 aromatic rings. The van der Waals surface area contributed by atoms with Crippen LogP contribution in [0.1, 0.15) is 57.7 Å². The van der Waals surface area contributed by atoms with E-state index in [9.17, 15) is 14.4 Å². The number of fused-ring (bicyclic) bond motifs is 1. The molecule has 3 aromatic carbocycles. The van der Waals surface area contributed by atoms with Gasteiger partial charge in [-0.2, -0.15) is 12.6 Å². The Morgan fingerprint density at radius 1 is 0.974 bits per heavy atom. The molecule has 2 unspecified atom stereocenters. The lowest BCUT2D eigenvalue weighted by molar-refractivity contribution is -0.140. The molecule has 3 rings (SSSR count). The minimum absolute atomic E-state index is 0.0491. The SMILES string of the molecule is CCCCN(C(=O)C(CS)NC(=O)OC(C)(C)C)C(C(=O)Nc1ccc2ccccc2c1)c1ccccc1C.